The van der Waals surface area contributed by atoms with Crippen molar-refractivity contribution >= 4 is 5.78 Å². The molecular formula is C8H8F2O3. The molecule has 3 nitrogen and oxygen atoms in total. The molecule has 0 unspecified atom stereocenters. The molecule has 1 rings (SSSR count). The predicted molar refractivity (Wildman–Crippen MR) is 39.9 cm³/mol. The first kappa shape index (κ1) is 9.85. The molecule has 0 aliphatic rings. The molecule has 0 bridgehead atoms. The van der Waals surface area contributed by atoms with Crippen molar-refractivity contribution in [2.24, 2.45) is 0 Å². The number of alkyl halides is 2. The lowest BCUT2D eigenvalue weighted by atomic mass is 10.3. The minimum atomic E-state index is -2.69. The summed E-state index contributed by atoms with van der Waals surface area (Å²) < 4.78 is 33.1. The zero-order chi connectivity index (χ0) is 9.84. The molecule has 1 aromatic rings. The van der Waals surface area contributed by atoms with E-state index in [0.717, 1.165) is 6.07 Å². The smallest absolute Gasteiger partial charge is 0.295 e. The highest BCUT2D eigenvalue weighted by Crippen LogP contribution is 2.21. The minimum absolute atomic E-state index is 0.0999. The summed E-state index contributed by atoms with van der Waals surface area (Å²) in [5.74, 6) is -1.05. The number of carbonyl (C=O) groups excluding carboxylic acids is 1. The molecule has 0 fully saturated rings. The SMILES string of the molecule is COCC(=O)c1ccc(C(F)F)o1. The number of halogens is 2. The average molecular weight is 190 g/mol. The van der Waals surface area contributed by atoms with Gasteiger partial charge in [0, 0.05) is 7.11 Å². The van der Waals surface area contributed by atoms with Crippen molar-refractivity contribution < 1.29 is 22.7 Å². The zero-order valence-corrected chi connectivity index (χ0v) is 6.92. The number of ether oxygens (including phenoxy) is 1. The molecule has 5 heteroatoms. The van der Waals surface area contributed by atoms with E-state index in [1.807, 2.05) is 0 Å². The van der Waals surface area contributed by atoms with Crippen LogP contribution in [0.4, 0.5) is 8.78 Å². The van der Waals surface area contributed by atoms with E-state index in [2.05, 4.69) is 9.15 Å². The highest BCUT2D eigenvalue weighted by atomic mass is 19.3. The van der Waals surface area contributed by atoms with Crippen LogP contribution in [0, 0.1) is 0 Å². The van der Waals surface area contributed by atoms with Gasteiger partial charge in [-0.3, -0.25) is 4.79 Å². The van der Waals surface area contributed by atoms with E-state index in [9.17, 15) is 13.6 Å². The Labute approximate surface area is 73.3 Å². The third-order valence-electron chi connectivity index (χ3n) is 1.39. The summed E-state index contributed by atoms with van der Waals surface area (Å²) in [5.41, 5.74) is 0. The van der Waals surface area contributed by atoms with Crippen LogP contribution in [0.15, 0.2) is 16.5 Å². The molecule has 0 radical (unpaired) electrons. The van der Waals surface area contributed by atoms with E-state index >= 15 is 0 Å². The van der Waals surface area contributed by atoms with Crippen molar-refractivity contribution in [2.75, 3.05) is 13.7 Å². The van der Waals surface area contributed by atoms with Crippen molar-refractivity contribution in [2.45, 2.75) is 6.43 Å². The number of carbonyl (C=O) groups is 1. The molecule has 0 atom stereocenters. The largest absolute Gasteiger partial charge is 0.452 e. The van der Waals surface area contributed by atoms with Crippen molar-refractivity contribution in [3.63, 3.8) is 0 Å². The Kier molecular flexibility index (Phi) is 3.13. The monoisotopic (exact) mass is 190 g/mol. The van der Waals surface area contributed by atoms with Gasteiger partial charge in [-0.05, 0) is 12.1 Å². The summed E-state index contributed by atoms with van der Waals surface area (Å²) in [4.78, 5) is 11.0. The second-order valence-electron chi connectivity index (χ2n) is 2.36. The third kappa shape index (κ3) is 2.35. The molecule has 0 aliphatic heterocycles. The average Bonchev–Trinajstić information content (AvgIpc) is 2.52. The van der Waals surface area contributed by atoms with Gasteiger partial charge in [-0.2, -0.15) is 0 Å². The Balaban J connectivity index is 2.73. The Morgan fingerprint density at radius 3 is 2.77 bits per heavy atom. The quantitative estimate of drug-likeness (QED) is 0.682. The van der Waals surface area contributed by atoms with Crippen LogP contribution in [0.25, 0.3) is 0 Å². The summed E-state index contributed by atoms with van der Waals surface area (Å²) in [6.45, 7) is -0.170. The molecule has 0 spiro atoms. The lowest BCUT2D eigenvalue weighted by Gasteiger charge is -1.94. The normalized spacial score (nSPS) is 10.8. The topological polar surface area (TPSA) is 39.4 Å². The summed E-state index contributed by atoms with van der Waals surface area (Å²) >= 11 is 0. The first-order valence-corrected chi connectivity index (χ1v) is 3.55. The summed E-state index contributed by atoms with van der Waals surface area (Å²) in [6.07, 6.45) is -2.69. The summed E-state index contributed by atoms with van der Waals surface area (Å²) in [5, 5.41) is 0. The first-order chi connectivity index (χ1) is 6.15. The van der Waals surface area contributed by atoms with E-state index in [-0.39, 0.29) is 12.4 Å². The number of ketones is 1. The molecule has 72 valence electrons. The van der Waals surface area contributed by atoms with Crippen molar-refractivity contribution in [1.82, 2.24) is 0 Å². The maximum absolute atomic E-state index is 12.0. The van der Waals surface area contributed by atoms with Gasteiger partial charge in [0.05, 0.1) is 0 Å². The summed E-state index contributed by atoms with van der Waals surface area (Å²) in [7, 11) is 1.34. The second-order valence-corrected chi connectivity index (χ2v) is 2.36. The number of methoxy groups -OCH3 is 1. The molecule has 1 heterocycles. The third-order valence-corrected chi connectivity index (χ3v) is 1.39. The van der Waals surface area contributed by atoms with Crippen LogP contribution in [-0.2, 0) is 4.74 Å². The maximum atomic E-state index is 12.0. The van der Waals surface area contributed by atoms with Crippen molar-refractivity contribution in [3.05, 3.63) is 23.7 Å². The van der Waals surface area contributed by atoms with Gasteiger partial charge in [0.2, 0.25) is 5.78 Å². The van der Waals surface area contributed by atoms with Crippen LogP contribution in [0.3, 0.4) is 0 Å². The highest BCUT2D eigenvalue weighted by Gasteiger charge is 2.15. The van der Waals surface area contributed by atoms with Crippen LogP contribution < -0.4 is 0 Å². The molecule has 0 aromatic carbocycles. The lowest BCUT2D eigenvalue weighted by Crippen LogP contribution is -2.05. The number of furan rings is 1. The molecule has 0 amide bonds. The van der Waals surface area contributed by atoms with Crippen molar-refractivity contribution in [1.29, 1.82) is 0 Å². The maximum Gasteiger partial charge on any atom is 0.295 e. The van der Waals surface area contributed by atoms with E-state index in [1.54, 1.807) is 0 Å². The number of hydrogen-bond donors (Lipinski definition) is 0. The number of hydrogen-bond acceptors (Lipinski definition) is 3. The van der Waals surface area contributed by atoms with Crippen LogP contribution >= 0.6 is 0 Å². The van der Waals surface area contributed by atoms with Crippen LogP contribution in [-0.4, -0.2) is 19.5 Å². The molecule has 0 N–H and O–H groups in total. The molecule has 1 aromatic heterocycles. The van der Waals surface area contributed by atoms with Gasteiger partial charge in [-0.25, -0.2) is 8.78 Å². The van der Waals surface area contributed by atoms with E-state index in [1.165, 1.54) is 13.2 Å². The van der Waals surface area contributed by atoms with Crippen LogP contribution in [0.1, 0.15) is 22.7 Å². The van der Waals surface area contributed by atoms with Gasteiger partial charge < -0.3 is 9.15 Å². The van der Waals surface area contributed by atoms with Crippen LogP contribution in [0.2, 0.25) is 0 Å². The molecule has 0 saturated carbocycles. The standard InChI is InChI=1S/C8H8F2O3/c1-12-4-5(11)6-2-3-7(13-6)8(9)10/h2-3,8H,4H2,1H3. The molecule has 0 aliphatic carbocycles. The molecular weight excluding hydrogens is 182 g/mol. The fraction of sp³-hybridized carbons (Fsp3) is 0.375. The van der Waals surface area contributed by atoms with Gasteiger partial charge >= 0.3 is 0 Å². The second kappa shape index (κ2) is 4.13. The Morgan fingerprint density at radius 2 is 2.31 bits per heavy atom. The van der Waals surface area contributed by atoms with Gasteiger partial charge in [0.1, 0.15) is 6.61 Å². The highest BCUT2D eigenvalue weighted by molar-refractivity contribution is 5.94. The Hall–Kier alpha value is -1.23. The first-order valence-electron chi connectivity index (χ1n) is 3.55. The van der Waals surface area contributed by atoms with E-state index in [4.69, 9.17) is 0 Å². The van der Waals surface area contributed by atoms with Gasteiger partial charge in [-0.1, -0.05) is 0 Å². The fourth-order valence-corrected chi connectivity index (χ4v) is 0.822. The Bertz CT molecular complexity index is 293. The van der Waals surface area contributed by atoms with Gasteiger partial charge in [0.15, 0.2) is 11.5 Å². The van der Waals surface area contributed by atoms with E-state index < -0.39 is 18.0 Å². The van der Waals surface area contributed by atoms with Gasteiger partial charge in [0.25, 0.3) is 6.43 Å². The van der Waals surface area contributed by atoms with Crippen molar-refractivity contribution in [3.8, 4) is 0 Å². The molecule has 13 heavy (non-hydrogen) atoms. The van der Waals surface area contributed by atoms with Gasteiger partial charge in [-0.15, -0.1) is 0 Å². The fourth-order valence-electron chi connectivity index (χ4n) is 0.822. The summed E-state index contributed by atoms with van der Waals surface area (Å²) in [6, 6.07) is 2.29. The number of Topliss-reactive ketones (excluding diaryl/α,β-unsaturated/α-hetero) is 1. The van der Waals surface area contributed by atoms with E-state index in [0.29, 0.717) is 0 Å². The minimum Gasteiger partial charge on any atom is -0.452 e. The zero-order valence-electron chi connectivity index (χ0n) is 6.92. The lowest BCUT2D eigenvalue weighted by molar-refractivity contribution is 0.0799. The van der Waals surface area contributed by atoms with Crippen LogP contribution in [0.5, 0.6) is 0 Å². The number of rotatable bonds is 4. The Morgan fingerprint density at radius 1 is 1.62 bits per heavy atom. The molecule has 0 saturated heterocycles. The predicted octanol–water partition coefficient (Wildman–Crippen LogP) is 2.05.